The monoisotopic (exact) mass is 391 g/mol. The Hall–Kier alpha value is -3.28. The van der Waals surface area contributed by atoms with Crippen LogP contribution in [0.1, 0.15) is 21.5 Å². The molecule has 2 aromatic rings. The minimum atomic E-state index is -0.338. The topological polar surface area (TPSA) is 53.1 Å². The molecule has 2 aromatic carbocycles. The van der Waals surface area contributed by atoms with E-state index >= 15 is 0 Å². The first-order valence-electron chi connectivity index (χ1n) is 9.88. The van der Waals surface area contributed by atoms with E-state index in [0.29, 0.717) is 31.8 Å². The molecule has 0 atom stereocenters. The van der Waals surface area contributed by atoms with Gasteiger partial charge in [-0.05, 0) is 48.9 Å². The molecule has 2 aliphatic heterocycles. The Labute approximate surface area is 171 Å². The van der Waals surface area contributed by atoms with Gasteiger partial charge in [-0.15, -0.1) is 0 Å². The highest BCUT2D eigenvalue weighted by Gasteiger charge is 2.25. The van der Waals surface area contributed by atoms with Gasteiger partial charge in [-0.1, -0.05) is 24.3 Å². The van der Waals surface area contributed by atoms with Crippen molar-refractivity contribution in [3.63, 3.8) is 0 Å². The van der Waals surface area contributed by atoms with Crippen LogP contribution in [-0.4, -0.2) is 56.2 Å². The van der Waals surface area contributed by atoms with Crippen LogP contribution in [0.5, 0.6) is 0 Å². The molecule has 0 aromatic heterocycles. The normalized spacial score (nSPS) is 16.7. The van der Waals surface area contributed by atoms with Crippen molar-refractivity contribution < 1.29 is 14.3 Å². The summed E-state index contributed by atoms with van der Waals surface area (Å²) in [5.41, 5.74) is 4.89. The standard InChI is InChI=1S/C23H25N3O3/c1-3-18-16-17(2)4-9-21(18)24-10-12-25(13-11-24)22(27)19-5-7-20(8-6-19)26-14-15-29-23(26)28/h3-9,16H,1,10-15H2,2H3. The third-order valence-corrected chi connectivity index (χ3v) is 5.50. The maximum absolute atomic E-state index is 12.9. The predicted molar refractivity (Wildman–Crippen MR) is 115 cm³/mol. The van der Waals surface area contributed by atoms with Gasteiger partial charge in [0.15, 0.2) is 0 Å². The average molecular weight is 391 g/mol. The van der Waals surface area contributed by atoms with E-state index in [1.165, 1.54) is 11.3 Å². The molecular formula is C23H25N3O3. The fourth-order valence-corrected chi connectivity index (χ4v) is 3.87. The van der Waals surface area contributed by atoms with E-state index in [9.17, 15) is 9.59 Å². The Kier molecular flexibility index (Phi) is 5.25. The first-order valence-corrected chi connectivity index (χ1v) is 9.88. The molecule has 4 rings (SSSR count). The zero-order valence-corrected chi connectivity index (χ0v) is 16.6. The summed E-state index contributed by atoms with van der Waals surface area (Å²) in [6, 6.07) is 13.6. The summed E-state index contributed by atoms with van der Waals surface area (Å²) in [6.45, 7) is 9.85. The molecule has 2 amide bonds. The van der Waals surface area contributed by atoms with Crippen LogP contribution in [0, 0.1) is 6.92 Å². The summed E-state index contributed by atoms with van der Waals surface area (Å²) in [7, 11) is 0. The lowest BCUT2D eigenvalue weighted by atomic mass is 10.1. The highest BCUT2D eigenvalue weighted by molar-refractivity contribution is 5.96. The number of anilines is 2. The van der Waals surface area contributed by atoms with Gasteiger partial charge in [-0.3, -0.25) is 9.69 Å². The molecule has 150 valence electrons. The van der Waals surface area contributed by atoms with Crippen LogP contribution in [-0.2, 0) is 4.74 Å². The summed E-state index contributed by atoms with van der Waals surface area (Å²) < 4.78 is 4.96. The van der Waals surface area contributed by atoms with Crippen molar-refractivity contribution in [1.29, 1.82) is 0 Å². The highest BCUT2D eigenvalue weighted by Crippen LogP contribution is 2.25. The molecule has 0 aliphatic carbocycles. The molecule has 0 unspecified atom stereocenters. The largest absolute Gasteiger partial charge is 0.447 e. The zero-order valence-electron chi connectivity index (χ0n) is 16.6. The van der Waals surface area contributed by atoms with Crippen molar-refractivity contribution in [3.05, 3.63) is 65.7 Å². The molecule has 0 saturated carbocycles. The van der Waals surface area contributed by atoms with Crippen LogP contribution in [0.15, 0.2) is 49.0 Å². The molecule has 0 N–H and O–H groups in total. The molecule has 6 heteroatoms. The van der Waals surface area contributed by atoms with Crippen molar-refractivity contribution in [2.45, 2.75) is 6.92 Å². The van der Waals surface area contributed by atoms with Crippen LogP contribution in [0.25, 0.3) is 6.08 Å². The summed E-state index contributed by atoms with van der Waals surface area (Å²) in [4.78, 5) is 30.3. The van der Waals surface area contributed by atoms with Gasteiger partial charge in [0, 0.05) is 43.1 Å². The lowest BCUT2D eigenvalue weighted by Crippen LogP contribution is -2.49. The number of amides is 2. The number of piperazine rings is 1. The van der Waals surface area contributed by atoms with E-state index in [1.807, 2.05) is 11.0 Å². The smallest absolute Gasteiger partial charge is 0.414 e. The van der Waals surface area contributed by atoms with Crippen molar-refractivity contribution in [1.82, 2.24) is 4.90 Å². The number of benzene rings is 2. The Morgan fingerprint density at radius 3 is 2.38 bits per heavy atom. The van der Waals surface area contributed by atoms with Crippen molar-refractivity contribution in [2.75, 3.05) is 49.1 Å². The number of cyclic esters (lactones) is 1. The molecule has 2 aliphatic rings. The van der Waals surface area contributed by atoms with E-state index in [2.05, 4.69) is 36.6 Å². The first kappa shape index (κ1) is 19.1. The second-order valence-corrected chi connectivity index (χ2v) is 7.36. The van der Waals surface area contributed by atoms with Gasteiger partial charge in [0.2, 0.25) is 0 Å². The first-order chi connectivity index (χ1) is 14.1. The van der Waals surface area contributed by atoms with Crippen LogP contribution < -0.4 is 9.80 Å². The Morgan fingerprint density at radius 1 is 1.03 bits per heavy atom. The Morgan fingerprint density at radius 2 is 1.76 bits per heavy atom. The minimum Gasteiger partial charge on any atom is -0.447 e. The lowest BCUT2D eigenvalue weighted by molar-refractivity contribution is 0.0747. The number of carbonyl (C=O) groups excluding carboxylic acids is 2. The third kappa shape index (κ3) is 3.83. The number of hydrogen-bond donors (Lipinski definition) is 0. The molecule has 6 nitrogen and oxygen atoms in total. The Balaban J connectivity index is 1.40. The number of rotatable bonds is 4. The average Bonchev–Trinajstić information content (AvgIpc) is 3.19. The molecular weight excluding hydrogens is 366 g/mol. The number of ether oxygens (including phenoxy) is 1. The van der Waals surface area contributed by atoms with E-state index in [4.69, 9.17) is 4.74 Å². The highest BCUT2D eigenvalue weighted by atomic mass is 16.6. The van der Waals surface area contributed by atoms with Crippen molar-refractivity contribution >= 4 is 29.5 Å². The summed E-state index contributed by atoms with van der Waals surface area (Å²) in [5, 5.41) is 0. The molecule has 0 radical (unpaired) electrons. The molecule has 2 saturated heterocycles. The van der Waals surface area contributed by atoms with Crippen LogP contribution in [0.3, 0.4) is 0 Å². The van der Waals surface area contributed by atoms with Crippen molar-refractivity contribution in [2.24, 2.45) is 0 Å². The van der Waals surface area contributed by atoms with Crippen LogP contribution >= 0.6 is 0 Å². The van der Waals surface area contributed by atoms with Gasteiger partial charge >= 0.3 is 6.09 Å². The quantitative estimate of drug-likeness (QED) is 0.800. The second-order valence-electron chi connectivity index (χ2n) is 7.36. The van der Waals surface area contributed by atoms with Gasteiger partial charge in [0.25, 0.3) is 5.91 Å². The predicted octanol–water partition coefficient (Wildman–Crippen LogP) is 3.56. The molecule has 2 fully saturated rings. The van der Waals surface area contributed by atoms with Crippen LogP contribution in [0.4, 0.5) is 16.2 Å². The van der Waals surface area contributed by atoms with Crippen molar-refractivity contribution in [3.8, 4) is 0 Å². The molecule has 29 heavy (non-hydrogen) atoms. The van der Waals surface area contributed by atoms with Gasteiger partial charge in [0.05, 0.1) is 6.54 Å². The van der Waals surface area contributed by atoms with Gasteiger partial charge in [0.1, 0.15) is 6.61 Å². The Bertz CT molecular complexity index is 931. The zero-order chi connectivity index (χ0) is 20.4. The van der Waals surface area contributed by atoms with E-state index in [1.54, 1.807) is 29.2 Å². The lowest BCUT2D eigenvalue weighted by Gasteiger charge is -2.37. The van der Waals surface area contributed by atoms with Crippen LogP contribution in [0.2, 0.25) is 0 Å². The SMILES string of the molecule is C=Cc1cc(C)ccc1N1CCN(C(=O)c2ccc(N3CCOC3=O)cc2)CC1. The maximum atomic E-state index is 12.9. The maximum Gasteiger partial charge on any atom is 0.414 e. The van der Waals surface area contributed by atoms with E-state index < -0.39 is 0 Å². The molecule has 0 spiro atoms. The van der Waals surface area contributed by atoms with Gasteiger partial charge in [-0.2, -0.15) is 0 Å². The molecule has 0 bridgehead atoms. The number of hydrogen-bond acceptors (Lipinski definition) is 4. The van der Waals surface area contributed by atoms with Gasteiger partial charge < -0.3 is 14.5 Å². The minimum absolute atomic E-state index is 0.0213. The fourth-order valence-electron chi connectivity index (χ4n) is 3.87. The summed E-state index contributed by atoms with van der Waals surface area (Å²) in [6.07, 6.45) is 1.55. The van der Waals surface area contributed by atoms with E-state index in [0.717, 1.165) is 24.3 Å². The number of aryl methyl sites for hydroxylation is 1. The molecule has 2 heterocycles. The van der Waals surface area contributed by atoms with E-state index in [-0.39, 0.29) is 12.0 Å². The third-order valence-electron chi connectivity index (χ3n) is 5.50. The summed E-state index contributed by atoms with van der Waals surface area (Å²) >= 11 is 0. The summed E-state index contributed by atoms with van der Waals surface area (Å²) in [5.74, 6) is 0.0213. The number of carbonyl (C=O) groups is 2. The number of nitrogens with zero attached hydrogens (tertiary/aromatic N) is 3. The van der Waals surface area contributed by atoms with Gasteiger partial charge in [-0.25, -0.2) is 4.79 Å². The second kappa shape index (κ2) is 7.99. The fraction of sp³-hybridized carbons (Fsp3) is 0.304.